The molecule has 1 aromatic carbocycles. The Hall–Kier alpha value is -2.10. The molecule has 0 fully saturated rings. The van der Waals surface area contributed by atoms with Crippen molar-refractivity contribution in [3.63, 3.8) is 0 Å². The molecule has 1 heterocycles. The Labute approximate surface area is 81.7 Å². The summed E-state index contributed by atoms with van der Waals surface area (Å²) in [7, 11) is 0. The third-order valence-corrected chi connectivity index (χ3v) is 1.34. The fourth-order valence-electron chi connectivity index (χ4n) is 0.711. The van der Waals surface area contributed by atoms with E-state index in [1.54, 1.807) is 18.5 Å². The van der Waals surface area contributed by atoms with Crippen LogP contribution in [0.25, 0.3) is 0 Å². The molecule has 0 saturated heterocycles. The summed E-state index contributed by atoms with van der Waals surface area (Å²) in [5.74, 6) is 0.339. The minimum Gasteiger partial charge on any atom is -0.508 e. The van der Waals surface area contributed by atoms with Gasteiger partial charge in [0, 0.05) is 6.20 Å². The number of hydrogen-bond donors (Lipinski definition) is 3. The number of rotatable bonds is 0. The number of nitrogens with one attached hydrogen (secondary N) is 1. The molecule has 1 aliphatic heterocycles. The van der Waals surface area contributed by atoms with Gasteiger partial charge < -0.3 is 15.1 Å². The molecule has 0 bridgehead atoms. The second-order valence-electron chi connectivity index (χ2n) is 2.44. The number of aromatic hydroxyl groups is 2. The highest BCUT2D eigenvalue weighted by Crippen LogP contribution is 2.13. The van der Waals surface area contributed by atoms with Gasteiger partial charge in [-0.05, 0) is 36.4 Å². The van der Waals surface area contributed by atoms with Gasteiger partial charge in [0.1, 0.15) is 17.8 Å². The predicted octanol–water partition coefficient (Wildman–Crippen LogP) is 1.65. The van der Waals surface area contributed by atoms with Crippen LogP contribution in [0.4, 0.5) is 0 Å². The van der Waals surface area contributed by atoms with Crippen LogP contribution in [-0.4, -0.2) is 10.2 Å². The van der Waals surface area contributed by atoms with Gasteiger partial charge in [0.05, 0.1) is 0 Å². The average molecular weight is 193 g/mol. The van der Waals surface area contributed by atoms with Crippen LogP contribution in [0, 0.1) is 0 Å². The summed E-state index contributed by atoms with van der Waals surface area (Å²) in [4.78, 5) is 4.55. The van der Waals surface area contributed by atoms with Crippen molar-refractivity contribution < 1.29 is 15.1 Å². The van der Waals surface area contributed by atoms with Crippen molar-refractivity contribution in [2.24, 2.45) is 0 Å². The maximum Gasteiger partial charge on any atom is 0.119 e. The van der Waals surface area contributed by atoms with Crippen LogP contribution in [0.15, 0.2) is 48.9 Å². The van der Waals surface area contributed by atoms with Gasteiger partial charge in [-0.2, -0.15) is 0 Å². The zero-order chi connectivity index (χ0) is 10.2. The molecule has 0 atom stereocenters. The van der Waals surface area contributed by atoms with Gasteiger partial charge in [0.2, 0.25) is 0 Å². The molecule has 0 spiro atoms. The summed E-state index contributed by atoms with van der Waals surface area (Å²) >= 11 is 0. The summed E-state index contributed by atoms with van der Waals surface area (Å²) in [5.41, 5.74) is 2.52. The van der Waals surface area contributed by atoms with Crippen molar-refractivity contribution in [1.82, 2.24) is 5.48 Å². The normalized spacial score (nSPS) is 12.0. The molecular formula is C10H11NO3. The largest absolute Gasteiger partial charge is 0.508 e. The molecule has 0 aromatic heterocycles. The maximum atomic E-state index is 8.65. The molecule has 74 valence electrons. The third-order valence-electron chi connectivity index (χ3n) is 1.34. The maximum absolute atomic E-state index is 8.65. The van der Waals surface area contributed by atoms with Gasteiger partial charge in [-0.1, -0.05) is 0 Å². The van der Waals surface area contributed by atoms with E-state index >= 15 is 0 Å². The van der Waals surface area contributed by atoms with Crippen LogP contribution in [0.1, 0.15) is 0 Å². The predicted molar refractivity (Wildman–Crippen MR) is 52.3 cm³/mol. The van der Waals surface area contributed by atoms with E-state index in [1.165, 1.54) is 24.3 Å². The van der Waals surface area contributed by atoms with Crippen molar-refractivity contribution in [2.45, 2.75) is 0 Å². The van der Waals surface area contributed by atoms with Crippen molar-refractivity contribution in [1.29, 1.82) is 0 Å². The molecule has 4 heteroatoms. The molecule has 0 radical (unpaired) electrons. The molecule has 0 amide bonds. The molecule has 4 nitrogen and oxygen atoms in total. The molecule has 0 aliphatic carbocycles. The standard InChI is InChI=1S/C6H6O2.C4H5NO/c7-5-1-2-6(8)4-3-5;1-2-4-6-5-3-1/h1-4,7-8H;1-5H. The Bertz CT molecular complexity index is 284. The first kappa shape index (κ1) is 9.98. The molecular weight excluding hydrogens is 182 g/mol. The summed E-state index contributed by atoms with van der Waals surface area (Å²) in [6.07, 6.45) is 6.93. The topological polar surface area (TPSA) is 61.7 Å². The molecule has 1 aliphatic rings. The van der Waals surface area contributed by atoms with E-state index in [9.17, 15) is 0 Å². The highest BCUT2D eigenvalue weighted by Gasteiger charge is 1.84. The third kappa shape index (κ3) is 4.06. The first-order chi connectivity index (χ1) is 6.79. The van der Waals surface area contributed by atoms with Crippen LogP contribution in [0.5, 0.6) is 11.5 Å². The SMILES string of the molecule is C1=CNOC=C1.Oc1ccc(O)cc1. The fourth-order valence-corrected chi connectivity index (χ4v) is 0.711. The van der Waals surface area contributed by atoms with Crippen molar-refractivity contribution in [3.05, 3.63) is 48.9 Å². The zero-order valence-electron chi connectivity index (χ0n) is 7.42. The lowest BCUT2D eigenvalue weighted by atomic mass is 10.3. The number of hydrogen-bond acceptors (Lipinski definition) is 4. The van der Waals surface area contributed by atoms with E-state index in [0.29, 0.717) is 0 Å². The molecule has 14 heavy (non-hydrogen) atoms. The Morgan fingerprint density at radius 1 is 0.929 bits per heavy atom. The highest BCUT2D eigenvalue weighted by molar-refractivity contribution is 5.28. The Morgan fingerprint density at radius 3 is 1.71 bits per heavy atom. The molecule has 0 unspecified atom stereocenters. The lowest BCUT2D eigenvalue weighted by Crippen LogP contribution is -2.01. The van der Waals surface area contributed by atoms with E-state index in [0.717, 1.165) is 0 Å². The van der Waals surface area contributed by atoms with Crippen LogP contribution in [-0.2, 0) is 4.84 Å². The number of phenols is 2. The van der Waals surface area contributed by atoms with E-state index in [4.69, 9.17) is 10.2 Å². The fraction of sp³-hybridized carbons (Fsp3) is 0. The quantitative estimate of drug-likeness (QED) is 0.548. The Morgan fingerprint density at radius 2 is 1.50 bits per heavy atom. The lowest BCUT2D eigenvalue weighted by Gasteiger charge is -1.97. The van der Waals surface area contributed by atoms with Gasteiger partial charge in [-0.3, -0.25) is 0 Å². The van der Waals surface area contributed by atoms with Gasteiger partial charge in [-0.15, -0.1) is 0 Å². The van der Waals surface area contributed by atoms with Crippen molar-refractivity contribution in [2.75, 3.05) is 0 Å². The number of hydroxylamine groups is 1. The molecule has 2 rings (SSSR count). The van der Waals surface area contributed by atoms with Gasteiger partial charge in [0.25, 0.3) is 0 Å². The summed E-state index contributed by atoms with van der Waals surface area (Å²) in [6, 6.07) is 5.70. The van der Waals surface area contributed by atoms with Crippen molar-refractivity contribution in [3.8, 4) is 11.5 Å². The Kier molecular flexibility index (Phi) is 3.94. The van der Waals surface area contributed by atoms with E-state index in [2.05, 4.69) is 10.3 Å². The zero-order valence-corrected chi connectivity index (χ0v) is 7.42. The minimum atomic E-state index is 0.169. The number of benzene rings is 1. The molecule has 1 aromatic rings. The average Bonchev–Trinajstić information content (AvgIpc) is 2.26. The second-order valence-corrected chi connectivity index (χ2v) is 2.44. The number of phenolic OH excluding ortho intramolecular Hbond substituents is 2. The monoisotopic (exact) mass is 193 g/mol. The van der Waals surface area contributed by atoms with Crippen LogP contribution < -0.4 is 5.48 Å². The molecule has 3 N–H and O–H groups in total. The first-order valence-electron chi connectivity index (χ1n) is 4.00. The molecule has 0 saturated carbocycles. The van der Waals surface area contributed by atoms with E-state index in [-0.39, 0.29) is 11.5 Å². The van der Waals surface area contributed by atoms with Crippen molar-refractivity contribution >= 4 is 0 Å². The second kappa shape index (κ2) is 5.53. The van der Waals surface area contributed by atoms with Crippen LogP contribution >= 0.6 is 0 Å². The van der Waals surface area contributed by atoms with E-state index < -0.39 is 0 Å². The summed E-state index contributed by atoms with van der Waals surface area (Å²) < 4.78 is 0. The van der Waals surface area contributed by atoms with E-state index in [1.807, 2.05) is 6.08 Å². The van der Waals surface area contributed by atoms with Gasteiger partial charge >= 0.3 is 0 Å². The summed E-state index contributed by atoms with van der Waals surface area (Å²) in [6.45, 7) is 0. The summed E-state index contributed by atoms with van der Waals surface area (Å²) in [5, 5.41) is 17.3. The van der Waals surface area contributed by atoms with Gasteiger partial charge in [0.15, 0.2) is 0 Å². The minimum absolute atomic E-state index is 0.169. The lowest BCUT2D eigenvalue weighted by molar-refractivity contribution is 0.172. The van der Waals surface area contributed by atoms with Crippen LogP contribution in [0.2, 0.25) is 0 Å². The highest BCUT2D eigenvalue weighted by atomic mass is 16.6. The first-order valence-corrected chi connectivity index (χ1v) is 4.00. The Balaban J connectivity index is 0.000000146. The van der Waals surface area contributed by atoms with Crippen LogP contribution in [0.3, 0.4) is 0 Å². The number of allylic oxidation sites excluding steroid dienone is 2. The van der Waals surface area contributed by atoms with Gasteiger partial charge in [-0.25, -0.2) is 5.48 Å². The smallest absolute Gasteiger partial charge is 0.119 e.